The zero-order chi connectivity index (χ0) is 14.7. The average Bonchev–Trinajstić information content (AvgIpc) is 2.38. The minimum absolute atomic E-state index is 0.111. The first-order chi connectivity index (χ1) is 9.52. The third kappa shape index (κ3) is 2.78. The van der Waals surface area contributed by atoms with Crippen molar-refractivity contribution in [1.82, 2.24) is 0 Å². The molecule has 0 aliphatic carbocycles. The van der Waals surface area contributed by atoms with Crippen molar-refractivity contribution in [2.75, 3.05) is 11.1 Å². The molecule has 0 radical (unpaired) electrons. The maximum Gasteiger partial charge on any atom is 0.257 e. The minimum Gasteiger partial charge on any atom is -0.398 e. The normalized spacial score (nSPS) is 9.85. The molecule has 3 N–H and O–H groups in total. The van der Waals surface area contributed by atoms with Gasteiger partial charge in [0.15, 0.2) is 0 Å². The van der Waals surface area contributed by atoms with Crippen LogP contribution in [0.25, 0.3) is 0 Å². The van der Waals surface area contributed by atoms with Crippen LogP contribution in [0.4, 0.5) is 15.8 Å². The van der Waals surface area contributed by atoms with Gasteiger partial charge in [-0.3, -0.25) is 4.79 Å². The van der Waals surface area contributed by atoms with Crippen molar-refractivity contribution in [3.8, 4) is 6.07 Å². The first-order valence-electron chi connectivity index (χ1n) is 5.58. The molecule has 0 fully saturated rings. The summed E-state index contributed by atoms with van der Waals surface area (Å²) in [5.74, 6) is -1.19. The topological polar surface area (TPSA) is 78.9 Å². The Balaban J connectivity index is 2.33. The lowest BCUT2D eigenvalue weighted by molar-refractivity contribution is 0.102. The van der Waals surface area contributed by atoms with E-state index < -0.39 is 11.7 Å². The van der Waals surface area contributed by atoms with E-state index >= 15 is 0 Å². The zero-order valence-corrected chi connectivity index (χ0v) is 11.7. The van der Waals surface area contributed by atoms with E-state index in [-0.39, 0.29) is 22.5 Å². The SMILES string of the molecule is N#Cc1c(F)cccc1NC(=O)c1ccc(Br)cc1N. The molecular formula is C14H9BrFN3O. The molecule has 1 amide bonds. The highest BCUT2D eigenvalue weighted by Crippen LogP contribution is 2.22. The molecule has 2 rings (SSSR count). The Labute approximate surface area is 123 Å². The number of hydrogen-bond acceptors (Lipinski definition) is 3. The molecule has 0 aliphatic heterocycles. The van der Waals surface area contributed by atoms with E-state index in [1.165, 1.54) is 12.1 Å². The fraction of sp³-hybridized carbons (Fsp3) is 0. The summed E-state index contributed by atoms with van der Waals surface area (Å²) in [7, 11) is 0. The van der Waals surface area contributed by atoms with E-state index in [0.717, 1.165) is 10.5 Å². The van der Waals surface area contributed by atoms with E-state index in [2.05, 4.69) is 21.2 Å². The van der Waals surface area contributed by atoms with Gasteiger partial charge in [0.1, 0.15) is 17.4 Å². The summed E-state index contributed by atoms with van der Waals surface area (Å²) < 4.78 is 14.2. The largest absolute Gasteiger partial charge is 0.398 e. The number of benzene rings is 2. The fourth-order valence-corrected chi connectivity index (χ4v) is 2.05. The lowest BCUT2D eigenvalue weighted by Crippen LogP contribution is -2.15. The predicted molar refractivity (Wildman–Crippen MR) is 77.6 cm³/mol. The number of rotatable bonds is 2. The molecule has 0 unspecified atom stereocenters. The molecule has 0 aliphatic rings. The molecule has 2 aromatic carbocycles. The van der Waals surface area contributed by atoms with Crippen molar-refractivity contribution in [2.24, 2.45) is 0 Å². The first-order valence-corrected chi connectivity index (χ1v) is 6.37. The Morgan fingerprint density at radius 3 is 2.75 bits per heavy atom. The highest BCUT2D eigenvalue weighted by atomic mass is 79.9. The number of nitrogen functional groups attached to an aromatic ring is 1. The van der Waals surface area contributed by atoms with Crippen molar-refractivity contribution in [3.05, 3.63) is 57.8 Å². The van der Waals surface area contributed by atoms with Crippen LogP contribution in [0.2, 0.25) is 0 Å². The number of halogens is 2. The maximum absolute atomic E-state index is 13.4. The second-order valence-corrected chi connectivity index (χ2v) is 4.88. The molecule has 0 saturated carbocycles. The molecule has 0 heterocycles. The smallest absolute Gasteiger partial charge is 0.257 e. The Bertz CT molecular complexity index is 725. The van der Waals surface area contributed by atoms with Crippen molar-refractivity contribution in [3.63, 3.8) is 0 Å². The molecule has 100 valence electrons. The van der Waals surface area contributed by atoms with E-state index in [1.807, 2.05) is 0 Å². The molecule has 0 atom stereocenters. The summed E-state index contributed by atoms with van der Waals surface area (Å²) in [4.78, 5) is 12.1. The third-order valence-corrected chi connectivity index (χ3v) is 3.13. The van der Waals surface area contributed by atoms with E-state index in [4.69, 9.17) is 11.0 Å². The van der Waals surface area contributed by atoms with Crippen molar-refractivity contribution < 1.29 is 9.18 Å². The lowest BCUT2D eigenvalue weighted by atomic mass is 10.1. The van der Waals surface area contributed by atoms with Crippen LogP contribution in [0.1, 0.15) is 15.9 Å². The summed E-state index contributed by atoms with van der Waals surface area (Å²) >= 11 is 3.24. The quantitative estimate of drug-likeness (QED) is 0.827. The number of nitrogens with two attached hydrogens (primary N) is 1. The van der Waals surface area contributed by atoms with E-state index in [9.17, 15) is 9.18 Å². The van der Waals surface area contributed by atoms with Crippen LogP contribution in [-0.4, -0.2) is 5.91 Å². The molecule has 2 aromatic rings. The average molecular weight is 334 g/mol. The number of carbonyl (C=O) groups is 1. The molecule has 0 aromatic heterocycles. The van der Waals surface area contributed by atoms with Crippen molar-refractivity contribution in [1.29, 1.82) is 5.26 Å². The van der Waals surface area contributed by atoms with E-state index in [1.54, 1.807) is 24.3 Å². The number of carbonyl (C=O) groups excluding carboxylic acids is 1. The molecule has 0 spiro atoms. The van der Waals surface area contributed by atoms with Crippen LogP contribution in [0, 0.1) is 17.1 Å². The Morgan fingerprint density at radius 1 is 1.35 bits per heavy atom. The number of nitrogens with zero attached hydrogens (tertiary/aromatic N) is 1. The Morgan fingerprint density at radius 2 is 2.10 bits per heavy atom. The summed E-state index contributed by atoms with van der Waals surface area (Å²) in [6.45, 7) is 0. The van der Waals surface area contributed by atoms with Gasteiger partial charge in [-0.2, -0.15) is 5.26 Å². The van der Waals surface area contributed by atoms with Crippen LogP contribution >= 0.6 is 15.9 Å². The highest BCUT2D eigenvalue weighted by Gasteiger charge is 2.14. The Kier molecular flexibility index (Phi) is 4.01. The summed E-state index contributed by atoms with van der Waals surface area (Å²) in [6, 6.07) is 10.5. The maximum atomic E-state index is 13.4. The van der Waals surface area contributed by atoms with Crippen LogP contribution in [0.3, 0.4) is 0 Å². The second kappa shape index (κ2) is 5.72. The Hall–Kier alpha value is -2.39. The monoisotopic (exact) mass is 333 g/mol. The zero-order valence-electron chi connectivity index (χ0n) is 10.2. The van der Waals surface area contributed by atoms with Gasteiger partial charge in [-0.15, -0.1) is 0 Å². The van der Waals surface area contributed by atoms with Gasteiger partial charge in [-0.1, -0.05) is 22.0 Å². The molecule has 6 heteroatoms. The fourth-order valence-electron chi connectivity index (χ4n) is 1.67. The number of amides is 1. The second-order valence-electron chi connectivity index (χ2n) is 3.96. The van der Waals surface area contributed by atoms with Gasteiger partial charge in [0, 0.05) is 10.2 Å². The van der Waals surface area contributed by atoms with Crippen LogP contribution in [0.5, 0.6) is 0 Å². The number of nitriles is 1. The van der Waals surface area contributed by atoms with Gasteiger partial charge < -0.3 is 11.1 Å². The minimum atomic E-state index is -0.686. The number of anilines is 2. The van der Waals surface area contributed by atoms with Gasteiger partial charge in [0.05, 0.1) is 11.3 Å². The molecule has 20 heavy (non-hydrogen) atoms. The van der Waals surface area contributed by atoms with Gasteiger partial charge >= 0.3 is 0 Å². The van der Waals surface area contributed by atoms with Crippen molar-refractivity contribution in [2.45, 2.75) is 0 Å². The number of nitrogens with one attached hydrogen (secondary N) is 1. The van der Waals surface area contributed by atoms with Crippen molar-refractivity contribution >= 4 is 33.2 Å². The van der Waals surface area contributed by atoms with Gasteiger partial charge in [-0.05, 0) is 30.3 Å². The van der Waals surface area contributed by atoms with Gasteiger partial charge in [0.2, 0.25) is 0 Å². The van der Waals surface area contributed by atoms with Gasteiger partial charge in [-0.25, -0.2) is 4.39 Å². The summed E-state index contributed by atoms with van der Waals surface area (Å²) in [5, 5.41) is 11.4. The predicted octanol–water partition coefficient (Wildman–Crippen LogP) is 3.29. The highest BCUT2D eigenvalue weighted by molar-refractivity contribution is 9.10. The molecule has 0 bridgehead atoms. The summed E-state index contributed by atoms with van der Waals surface area (Å²) in [6.07, 6.45) is 0. The molecule has 4 nitrogen and oxygen atoms in total. The standard InChI is InChI=1S/C14H9BrFN3O/c15-8-4-5-9(12(18)6-8)14(20)19-13-3-1-2-11(16)10(13)7-17/h1-6H,18H2,(H,19,20). The van der Waals surface area contributed by atoms with Gasteiger partial charge in [0.25, 0.3) is 5.91 Å². The number of hydrogen-bond donors (Lipinski definition) is 2. The summed E-state index contributed by atoms with van der Waals surface area (Å²) in [5.41, 5.74) is 6.18. The molecular weight excluding hydrogens is 325 g/mol. The molecule has 0 saturated heterocycles. The van der Waals surface area contributed by atoms with E-state index in [0.29, 0.717) is 0 Å². The first kappa shape index (κ1) is 14.0. The van der Waals surface area contributed by atoms with Crippen LogP contribution in [0.15, 0.2) is 40.9 Å². The third-order valence-electron chi connectivity index (χ3n) is 2.63. The van der Waals surface area contributed by atoms with Crippen LogP contribution < -0.4 is 11.1 Å². The lowest BCUT2D eigenvalue weighted by Gasteiger charge is -2.09. The van der Waals surface area contributed by atoms with Crippen LogP contribution in [-0.2, 0) is 0 Å².